The summed E-state index contributed by atoms with van der Waals surface area (Å²) in [7, 11) is 0. The predicted octanol–water partition coefficient (Wildman–Crippen LogP) is 1.96. The molecule has 10 nitrogen and oxygen atoms in total. The molecule has 39 heavy (non-hydrogen) atoms. The van der Waals surface area contributed by atoms with Crippen LogP contribution in [-0.4, -0.2) is 94.7 Å². The van der Waals surface area contributed by atoms with E-state index in [9.17, 15) is 24.3 Å². The van der Waals surface area contributed by atoms with Crippen LogP contribution in [0.2, 0.25) is 0 Å². The number of allylic oxidation sites excluding steroid dienone is 1. The van der Waals surface area contributed by atoms with Crippen LogP contribution in [0.25, 0.3) is 0 Å². The predicted molar refractivity (Wildman–Crippen MR) is 145 cm³/mol. The maximum Gasteiger partial charge on any atom is 0.312 e. The van der Waals surface area contributed by atoms with Gasteiger partial charge in [-0.3, -0.25) is 19.2 Å². The van der Waals surface area contributed by atoms with Gasteiger partial charge in [0, 0.05) is 32.2 Å². The Hall–Kier alpha value is -2.72. The van der Waals surface area contributed by atoms with Gasteiger partial charge in [-0.15, -0.1) is 13.2 Å². The van der Waals surface area contributed by atoms with E-state index >= 15 is 0 Å². The van der Waals surface area contributed by atoms with Crippen LogP contribution in [0, 0.1) is 11.8 Å². The first-order valence-electron chi connectivity index (χ1n) is 14.2. The average Bonchev–Trinajstić information content (AvgIpc) is 3.55. The number of aliphatic hydroxyl groups excluding tert-OH is 1. The second-order valence-electron chi connectivity index (χ2n) is 11.0. The number of fused-ring (bicyclic) bond motifs is 1. The molecule has 0 aliphatic carbocycles. The molecule has 0 aromatic rings. The maximum absolute atomic E-state index is 14.2. The number of nitrogens with one attached hydrogen (secondary N) is 1. The van der Waals surface area contributed by atoms with Gasteiger partial charge >= 0.3 is 5.97 Å². The van der Waals surface area contributed by atoms with Gasteiger partial charge in [-0.2, -0.15) is 0 Å². The van der Waals surface area contributed by atoms with Crippen LogP contribution in [0.3, 0.4) is 0 Å². The van der Waals surface area contributed by atoms with E-state index in [1.807, 2.05) is 6.92 Å². The first-order chi connectivity index (χ1) is 18.7. The summed E-state index contributed by atoms with van der Waals surface area (Å²) in [5.41, 5.74) is -1.12. The minimum atomic E-state index is -1.12. The molecule has 3 heterocycles. The molecule has 3 aliphatic rings. The molecule has 0 saturated carbocycles. The van der Waals surface area contributed by atoms with Crippen LogP contribution in [-0.2, 0) is 28.7 Å². The molecule has 3 fully saturated rings. The van der Waals surface area contributed by atoms with Gasteiger partial charge in [-0.05, 0) is 46.0 Å². The van der Waals surface area contributed by atoms with E-state index in [1.54, 1.807) is 24.0 Å². The number of hydrogen-bond donors (Lipinski definition) is 2. The minimum absolute atomic E-state index is 0.0624. The number of rotatable bonds is 16. The van der Waals surface area contributed by atoms with Crippen molar-refractivity contribution >= 4 is 23.7 Å². The van der Waals surface area contributed by atoms with E-state index in [-0.39, 0.29) is 43.5 Å². The molecule has 3 rings (SSSR count). The lowest BCUT2D eigenvalue weighted by Crippen LogP contribution is -2.58. The van der Waals surface area contributed by atoms with Crippen LogP contribution in [0.4, 0.5) is 0 Å². The van der Waals surface area contributed by atoms with Crippen LogP contribution < -0.4 is 5.32 Å². The molecular formula is C29H45N3O7. The third kappa shape index (κ3) is 6.22. The third-order valence-electron chi connectivity index (χ3n) is 8.19. The number of likely N-dealkylation sites (tertiary alicyclic amines) is 1. The lowest BCUT2D eigenvalue weighted by molar-refractivity contribution is -0.159. The Morgan fingerprint density at radius 2 is 2.05 bits per heavy atom. The van der Waals surface area contributed by atoms with E-state index in [1.165, 1.54) is 4.90 Å². The molecule has 3 aliphatic heterocycles. The van der Waals surface area contributed by atoms with E-state index < -0.39 is 41.7 Å². The topological polar surface area (TPSA) is 125 Å². The van der Waals surface area contributed by atoms with E-state index in [0.29, 0.717) is 38.6 Å². The number of aliphatic hydroxyl groups is 1. The highest BCUT2D eigenvalue weighted by molar-refractivity contribution is 5.98. The number of ether oxygens (including phenoxy) is 2. The van der Waals surface area contributed by atoms with Crippen molar-refractivity contribution in [1.82, 2.24) is 15.1 Å². The normalized spacial score (nSPS) is 28.5. The first-order valence-corrected chi connectivity index (χ1v) is 14.2. The van der Waals surface area contributed by atoms with Gasteiger partial charge in [-0.25, -0.2) is 0 Å². The Morgan fingerprint density at radius 1 is 1.31 bits per heavy atom. The Balaban J connectivity index is 1.83. The van der Waals surface area contributed by atoms with Gasteiger partial charge in [0.25, 0.3) is 0 Å². The second kappa shape index (κ2) is 13.6. The van der Waals surface area contributed by atoms with Crippen LogP contribution in [0.5, 0.6) is 0 Å². The number of carbonyl (C=O) groups excluding carboxylic acids is 4. The Bertz CT molecular complexity index is 940. The summed E-state index contributed by atoms with van der Waals surface area (Å²) in [5, 5.41) is 12.3. The van der Waals surface area contributed by atoms with Gasteiger partial charge < -0.3 is 29.7 Å². The zero-order valence-electron chi connectivity index (χ0n) is 23.6. The van der Waals surface area contributed by atoms with Crippen molar-refractivity contribution in [1.29, 1.82) is 0 Å². The van der Waals surface area contributed by atoms with Crippen LogP contribution in [0.15, 0.2) is 25.3 Å². The van der Waals surface area contributed by atoms with Gasteiger partial charge in [0.1, 0.15) is 17.7 Å². The highest BCUT2D eigenvalue weighted by Gasteiger charge is 2.75. The fourth-order valence-corrected chi connectivity index (χ4v) is 6.44. The standard InChI is InChI=1S/C29H45N3O7/c1-6-9-12-22(34)30-18-20(5)38-28(37)23-21-13-14-29(39-21)24(23)26(35)32(16-10-17-33)25(29)27(36)31(15-8-3)19(4)11-7-2/h6,8,19-21,23-25,33H,1,3,7,9-18H2,2,4-5H3,(H,30,34)/t19?,20-,21+,23-,24-,25+,29-/m1/s1. The maximum atomic E-state index is 14.2. The summed E-state index contributed by atoms with van der Waals surface area (Å²) in [6.45, 7) is 13.7. The lowest BCUT2D eigenvalue weighted by Gasteiger charge is -2.38. The highest BCUT2D eigenvalue weighted by atomic mass is 16.6. The number of carbonyl (C=O) groups is 4. The number of hydrogen-bond acceptors (Lipinski definition) is 7. The fourth-order valence-electron chi connectivity index (χ4n) is 6.44. The molecule has 10 heteroatoms. The first kappa shape index (κ1) is 30.8. The number of nitrogens with zero attached hydrogens (tertiary/aromatic N) is 2. The molecule has 3 saturated heterocycles. The zero-order valence-corrected chi connectivity index (χ0v) is 23.6. The smallest absolute Gasteiger partial charge is 0.312 e. The van der Waals surface area contributed by atoms with Crippen LogP contribution in [0.1, 0.15) is 65.7 Å². The summed E-state index contributed by atoms with van der Waals surface area (Å²) in [6, 6.07) is -0.946. The number of amides is 3. The SMILES string of the molecule is C=CCCC(=O)NC[C@@H](C)OC(=O)[C@@H]1[C@@H]2CC[C@]3(O2)[C@H](C(=O)N(CC=C)C(C)CCC)N(CCCO)C(=O)[C@@H]13. The van der Waals surface area contributed by atoms with Crippen molar-refractivity contribution in [2.45, 2.75) is 95.6 Å². The molecule has 1 spiro atoms. The van der Waals surface area contributed by atoms with Gasteiger partial charge in [0.2, 0.25) is 17.7 Å². The molecule has 3 amide bonds. The molecule has 0 radical (unpaired) electrons. The molecule has 1 unspecified atom stereocenters. The van der Waals surface area contributed by atoms with Gasteiger partial charge in [-0.1, -0.05) is 25.5 Å². The lowest BCUT2D eigenvalue weighted by atomic mass is 9.70. The highest BCUT2D eigenvalue weighted by Crippen LogP contribution is 2.59. The van der Waals surface area contributed by atoms with E-state index in [0.717, 1.165) is 12.8 Å². The largest absolute Gasteiger partial charge is 0.460 e. The third-order valence-corrected chi connectivity index (χ3v) is 8.19. The molecule has 218 valence electrons. The van der Waals surface area contributed by atoms with Gasteiger partial charge in [0.15, 0.2) is 0 Å². The fraction of sp³-hybridized carbons (Fsp3) is 0.724. The molecule has 0 aromatic carbocycles. The molecule has 2 N–H and O–H groups in total. The van der Waals surface area contributed by atoms with Gasteiger partial charge in [0.05, 0.1) is 24.5 Å². The zero-order chi connectivity index (χ0) is 28.7. The van der Waals surface area contributed by atoms with Crippen molar-refractivity contribution in [3.8, 4) is 0 Å². The summed E-state index contributed by atoms with van der Waals surface area (Å²) >= 11 is 0. The Labute approximate surface area is 231 Å². The van der Waals surface area contributed by atoms with Crippen molar-refractivity contribution < 1.29 is 33.8 Å². The minimum Gasteiger partial charge on any atom is -0.460 e. The van der Waals surface area contributed by atoms with Crippen molar-refractivity contribution in [3.63, 3.8) is 0 Å². The molecule has 0 aromatic heterocycles. The summed E-state index contributed by atoms with van der Waals surface area (Å²) in [4.78, 5) is 56.7. The Kier molecular flexibility index (Phi) is 10.7. The Morgan fingerprint density at radius 3 is 2.69 bits per heavy atom. The summed E-state index contributed by atoms with van der Waals surface area (Å²) in [6.07, 6.45) is 6.13. The molecule has 7 atom stereocenters. The van der Waals surface area contributed by atoms with Crippen molar-refractivity contribution in [2.75, 3.05) is 26.2 Å². The van der Waals surface area contributed by atoms with Crippen LogP contribution >= 0.6 is 0 Å². The van der Waals surface area contributed by atoms with E-state index in [2.05, 4.69) is 25.4 Å². The van der Waals surface area contributed by atoms with E-state index in [4.69, 9.17) is 9.47 Å². The van der Waals surface area contributed by atoms with Crippen molar-refractivity contribution in [2.24, 2.45) is 11.8 Å². The second-order valence-corrected chi connectivity index (χ2v) is 11.0. The quantitative estimate of drug-likeness (QED) is 0.224. The summed E-state index contributed by atoms with van der Waals surface area (Å²) in [5.74, 6) is -2.90. The van der Waals surface area contributed by atoms with Crippen molar-refractivity contribution in [3.05, 3.63) is 25.3 Å². The molecule has 2 bridgehead atoms. The monoisotopic (exact) mass is 547 g/mol. The average molecular weight is 548 g/mol. The summed E-state index contributed by atoms with van der Waals surface area (Å²) < 4.78 is 12.1. The molecular weight excluding hydrogens is 502 g/mol. The number of esters is 1.